The molecule has 3 amide bonds. The molecule has 4 rings (SSSR count). The van der Waals surface area contributed by atoms with Gasteiger partial charge >= 0.3 is 0 Å². The number of nitrogens with one attached hydrogen (secondary N) is 1. The molecule has 1 aliphatic carbocycles. The van der Waals surface area contributed by atoms with Crippen molar-refractivity contribution in [2.24, 2.45) is 5.92 Å². The molecular weight excluding hydrogens is 505 g/mol. The number of hydrogen-bond acceptors (Lipinski definition) is 3. The van der Waals surface area contributed by atoms with Crippen molar-refractivity contribution < 1.29 is 18.8 Å². The molecule has 2 aliphatic rings. The zero-order valence-corrected chi connectivity index (χ0v) is 24.0. The number of carbonyl (C=O) groups excluding carboxylic acids is 3. The third-order valence-corrected chi connectivity index (χ3v) is 8.48. The Hall–Kier alpha value is -3.22. The van der Waals surface area contributed by atoms with Gasteiger partial charge in [0.2, 0.25) is 11.8 Å². The maximum Gasteiger partial charge on any atom is 0.254 e. The zero-order valence-electron chi connectivity index (χ0n) is 24.0. The van der Waals surface area contributed by atoms with Crippen molar-refractivity contribution in [3.05, 3.63) is 71.0 Å². The number of benzene rings is 2. The first-order valence-electron chi connectivity index (χ1n) is 15.0. The molecule has 40 heavy (non-hydrogen) atoms. The van der Waals surface area contributed by atoms with Gasteiger partial charge in [0.25, 0.3) is 5.91 Å². The number of rotatable bonds is 10. The van der Waals surface area contributed by atoms with Crippen LogP contribution in [0.3, 0.4) is 0 Å². The van der Waals surface area contributed by atoms with E-state index in [2.05, 4.69) is 18.3 Å². The minimum Gasteiger partial charge on any atom is -0.353 e. The Morgan fingerprint density at radius 2 is 1.65 bits per heavy atom. The summed E-state index contributed by atoms with van der Waals surface area (Å²) >= 11 is 0. The van der Waals surface area contributed by atoms with E-state index in [0.717, 1.165) is 68.9 Å². The van der Waals surface area contributed by atoms with Gasteiger partial charge in [-0.1, -0.05) is 49.6 Å². The van der Waals surface area contributed by atoms with Crippen LogP contribution in [0.15, 0.2) is 48.5 Å². The number of unbranched alkanes of at least 4 members (excludes halogenated alkanes) is 2. The third kappa shape index (κ3) is 8.15. The van der Waals surface area contributed by atoms with E-state index >= 15 is 0 Å². The number of likely N-dealkylation sites (tertiary alicyclic amines) is 1. The lowest BCUT2D eigenvalue weighted by Crippen LogP contribution is -2.48. The van der Waals surface area contributed by atoms with Crippen LogP contribution in [-0.4, -0.2) is 52.7 Å². The van der Waals surface area contributed by atoms with Gasteiger partial charge in [0, 0.05) is 49.6 Å². The molecule has 0 bridgehead atoms. The zero-order chi connectivity index (χ0) is 28.5. The van der Waals surface area contributed by atoms with Crippen LogP contribution in [0.5, 0.6) is 0 Å². The average molecular weight is 550 g/mol. The van der Waals surface area contributed by atoms with Gasteiger partial charge in [-0.05, 0) is 81.7 Å². The fourth-order valence-electron chi connectivity index (χ4n) is 6.06. The Morgan fingerprint density at radius 3 is 2.30 bits per heavy atom. The highest BCUT2D eigenvalue weighted by Crippen LogP contribution is 2.28. The number of carbonyl (C=O) groups is 3. The van der Waals surface area contributed by atoms with Gasteiger partial charge in [-0.2, -0.15) is 0 Å². The van der Waals surface area contributed by atoms with E-state index < -0.39 is 0 Å². The van der Waals surface area contributed by atoms with Gasteiger partial charge in [0.15, 0.2) is 0 Å². The van der Waals surface area contributed by atoms with Crippen molar-refractivity contribution in [3.8, 4) is 0 Å². The average Bonchev–Trinajstić information content (AvgIpc) is 2.96. The monoisotopic (exact) mass is 549 g/mol. The summed E-state index contributed by atoms with van der Waals surface area (Å²) in [7, 11) is 0. The number of aryl methyl sites for hydroxylation is 1. The second-order valence-electron chi connectivity index (χ2n) is 11.6. The predicted molar refractivity (Wildman–Crippen MR) is 155 cm³/mol. The molecule has 1 saturated carbocycles. The van der Waals surface area contributed by atoms with E-state index in [1.165, 1.54) is 12.1 Å². The minimum atomic E-state index is -0.359. The summed E-state index contributed by atoms with van der Waals surface area (Å²) in [5.41, 5.74) is 2.70. The van der Waals surface area contributed by atoms with E-state index in [0.29, 0.717) is 31.6 Å². The van der Waals surface area contributed by atoms with Gasteiger partial charge in [0.05, 0.1) is 0 Å². The summed E-state index contributed by atoms with van der Waals surface area (Å²) in [4.78, 5) is 42.9. The fraction of sp³-hybridized carbons (Fsp3) is 0.545. The topological polar surface area (TPSA) is 69.7 Å². The van der Waals surface area contributed by atoms with Crippen molar-refractivity contribution in [2.75, 3.05) is 13.1 Å². The van der Waals surface area contributed by atoms with E-state index in [4.69, 9.17) is 0 Å². The first-order chi connectivity index (χ1) is 19.3. The second-order valence-corrected chi connectivity index (χ2v) is 11.6. The van der Waals surface area contributed by atoms with Crippen LogP contribution in [0.2, 0.25) is 0 Å². The number of piperidine rings is 1. The Bertz CT molecular complexity index is 1140. The Balaban J connectivity index is 1.30. The van der Waals surface area contributed by atoms with Crippen LogP contribution in [0, 0.1) is 18.7 Å². The highest BCUT2D eigenvalue weighted by Gasteiger charge is 2.32. The summed E-state index contributed by atoms with van der Waals surface area (Å²) in [5.74, 6) is -0.181. The molecule has 0 radical (unpaired) electrons. The number of amides is 3. The molecule has 6 nitrogen and oxygen atoms in total. The summed E-state index contributed by atoms with van der Waals surface area (Å²) in [5, 5.41) is 3.27. The van der Waals surface area contributed by atoms with Crippen molar-refractivity contribution >= 4 is 17.7 Å². The van der Waals surface area contributed by atoms with Gasteiger partial charge in [-0.15, -0.1) is 0 Å². The lowest BCUT2D eigenvalue weighted by atomic mass is 9.88. The molecule has 1 heterocycles. The fourth-order valence-corrected chi connectivity index (χ4v) is 6.06. The second kappa shape index (κ2) is 14.4. The summed E-state index contributed by atoms with van der Waals surface area (Å²) in [6.45, 7) is 5.99. The van der Waals surface area contributed by atoms with Gasteiger partial charge in [0.1, 0.15) is 5.82 Å². The van der Waals surface area contributed by atoms with Gasteiger partial charge < -0.3 is 15.1 Å². The van der Waals surface area contributed by atoms with Crippen molar-refractivity contribution in [3.63, 3.8) is 0 Å². The molecule has 0 atom stereocenters. The molecule has 0 unspecified atom stereocenters. The van der Waals surface area contributed by atoms with Crippen LogP contribution < -0.4 is 5.32 Å². The molecule has 0 aromatic heterocycles. The minimum absolute atomic E-state index is 0.0460. The Kier molecular flexibility index (Phi) is 10.7. The number of nitrogens with zero attached hydrogens (tertiary/aromatic N) is 2. The largest absolute Gasteiger partial charge is 0.353 e. The smallest absolute Gasteiger partial charge is 0.254 e. The lowest BCUT2D eigenvalue weighted by Gasteiger charge is -2.38. The van der Waals surface area contributed by atoms with E-state index in [-0.39, 0.29) is 41.5 Å². The molecule has 2 aromatic carbocycles. The summed E-state index contributed by atoms with van der Waals surface area (Å²) in [6, 6.07) is 14.1. The Labute approximate surface area is 238 Å². The molecule has 1 N–H and O–H groups in total. The molecule has 2 aromatic rings. The summed E-state index contributed by atoms with van der Waals surface area (Å²) in [6.07, 6.45) is 8.40. The molecule has 216 valence electrons. The van der Waals surface area contributed by atoms with Crippen molar-refractivity contribution in [1.82, 2.24) is 15.1 Å². The van der Waals surface area contributed by atoms with Crippen LogP contribution in [-0.2, 0) is 16.1 Å². The van der Waals surface area contributed by atoms with Crippen LogP contribution in [0.4, 0.5) is 4.39 Å². The Morgan fingerprint density at radius 1 is 0.950 bits per heavy atom. The lowest BCUT2D eigenvalue weighted by molar-refractivity contribution is -0.136. The molecular formula is C33H44FN3O3. The van der Waals surface area contributed by atoms with Gasteiger partial charge in [-0.3, -0.25) is 14.4 Å². The molecule has 0 spiro atoms. The number of hydrogen-bond donors (Lipinski definition) is 1. The highest BCUT2D eigenvalue weighted by molar-refractivity contribution is 5.94. The third-order valence-electron chi connectivity index (χ3n) is 8.48. The maximum atomic E-state index is 13.6. The van der Waals surface area contributed by atoms with Crippen LogP contribution >= 0.6 is 0 Å². The van der Waals surface area contributed by atoms with E-state index in [1.807, 2.05) is 34.9 Å². The normalized spacial score (nSPS) is 19.7. The number of halogens is 1. The molecule has 1 saturated heterocycles. The predicted octanol–water partition coefficient (Wildman–Crippen LogP) is 6.02. The van der Waals surface area contributed by atoms with Crippen molar-refractivity contribution in [1.29, 1.82) is 0 Å². The van der Waals surface area contributed by atoms with Gasteiger partial charge in [-0.25, -0.2) is 4.39 Å². The summed E-state index contributed by atoms with van der Waals surface area (Å²) < 4.78 is 13.5. The quantitative estimate of drug-likeness (QED) is 0.368. The first kappa shape index (κ1) is 29.8. The SMILES string of the molecule is CCCCCC(=O)N1CCC(C(=O)NC2CCC(N(Cc3cccc(C)c3)C(=O)c3ccc(F)cc3)CC2)CC1. The standard InChI is InChI=1S/C33H44FN3O3/c1-3-4-5-9-31(38)36-20-18-26(19-21-36)32(39)35-29-14-16-30(17-15-29)37(23-25-8-6-7-24(2)22-25)33(40)27-10-12-28(34)13-11-27/h6-8,10-13,22,26,29-30H,3-5,9,14-21,23H2,1-2H3,(H,35,39). The van der Waals surface area contributed by atoms with Crippen LogP contribution in [0.25, 0.3) is 0 Å². The highest BCUT2D eigenvalue weighted by atomic mass is 19.1. The van der Waals surface area contributed by atoms with Crippen molar-refractivity contribution in [2.45, 2.75) is 96.7 Å². The molecule has 1 aliphatic heterocycles. The van der Waals surface area contributed by atoms with Crippen LogP contribution in [0.1, 0.15) is 92.6 Å². The maximum absolute atomic E-state index is 13.6. The van der Waals surface area contributed by atoms with E-state index in [1.54, 1.807) is 12.1 Å². The molecule has 7 heteroatoms. The molecule has 2 fully saturated rings. The first-order valence-corrected chi connectivity index (χ1v) is 15.0. The van der Waals surface area contributed by atoms with E-state index in [9.17, 15) is 18.8 Å².